The Morgan fingerprint density at radius 1 is 1.21 bits per heavy atom. The zero-order valence-electron chi connectivity index (χ0n) is 8.57. The van der Waals surface area contributed by atoms with E-state index in [0.29, 0.717) is 0 Å². The molecule has 0 saturated heterocycles. The van der Waals surface area contributed by atoms with E-state index in [1.807, 2.05) is 0 Å². The van der Waals surface area contributed by atoms with E-state index >= 15 is 0 Å². The van der Waals surface area contributed by atoms with E-state index < -0.39 is 0 Å². The van der Waals surface area contributed by atoms with Crippen LogP contribution in [0.5, 0.6) is 0 Å². The van der Waals surface area contributed by atoms with Crippen LogP contribution in [0, 0.1) is 0 Å². The molecule has 0 saturated carbocycles. The van der Waals surface area contributed by atoms with Gasteiger partial charge in [0.25, 0.3) is 0 Å². The van der Waals surface area contributed by atoms with Crippen molar-refractivity contribution in [2.45, 2.75) is 32.6 Å². The average molecular weight is 254 g/mol. The molecule has 0 aromatic heterocycles. The molecule has 14 heavy (non-hydrogen) atoms. The number of rotatable bonds is 2. The quantitative estimate of drug-likeness (QED) is 0.847. The highest BCUT2D eigenvalue weighted by Crippen LogP contribution is 2.30. The van der Waals surface area contributed by atoms with Crippen molar-refractivity contribution in [1.29, 1.82) is 0 Å². The van der Waals surface area contributed by atoms with Crippen LogP contribution in [0.15, 0.2) is 16.6 Å². The minimum atomic E-state index is 0.984. The summed E-state index contributed by atoms with van der Waals surface area (Å²) in [5, 5.41) is 3.38. The first-order valence-electron chi connectivity index (χ1n) is 5.36. The van der Waals surface area contributed by atoms with Gasteiger partial charge in [-0.25, -0.2) is 0 Å². The van der Waals surface area contributed by atoms with Gasteiger partial charge in [-0.05, 0) is 71.8 Å². The number of hydrogen-bond acceptors (Lipinski definition) is 1. The molecule has 1 aliphatic carbocycles. The first-order chi connectivity index (χ1) is 6.81. The summed E-state index contributed by atoms with van der Waals surface area (Å²) < 4.78 is 1.21. The van der Waals surface area contributed by atoms with Crippen LogP contribution in [0.4, 0.5) is 5.69 Å². The summed E-state index contributed by atoms with van der Waals surface area (Å²) >= 11 is 3.61. The molecule has 0 atom stereocenters. The van der Waals surface area contributed by atoms with Gasteiger partial charge in [0.1, 0.15) is 0 Å². The Kier molecular flexibility index (Phi) is 3.12. The predicted octanol–water partition coefficient (Wildman–Crippen LogP) is 3.76. The maximum absolute atomic E-state index is 3.61. The predicted molar refractivity (Wildman–Crippen MR) is 64.9 cm³/mol. The standard InChI is InChI=1S/C12H16BrN/c1-2-14-12-8-10-6-4-3-5-9(10)7-11(12)13/h7-8,14H,2-6H2,1H3. The van der Waals surface area contributed by atoms with E-state index in [2.05, 4.69) is 40.3 Å². The van der Waals surface area contributed by atoms with Crippen LogP contribution < -0.4 is 5.32 Å². The van der Waals surface area contributed by atoms with Gasteiger partial charge in [0, 0.05) is 16.7 Å². The lowest BCUT2D eigenvalue weighted by Crippen LogP contribution is -2.05. The molecular weight excluding hydrogens is 238 g/mol. The third-order valence-electron chi connectivity index (χ3n) is 2.80. The third-order valence-corrected chi connectivity index (χ3v) is 3.45. The molecule has 0 spiro atoms. The molecule has 0 fully saturated rings. The van der Waals surface area contributed by atoms with Gasteiger partial charge >= 0.3 is 0 Å². The lowest BCUT2D eigenvalue weighted by molar-refractivity contribution is 0.685. The molecule has 0 aliphatic heterocycles. The number of halogens is 1. The number of fused-ring (bicyclic) bond motifs is 1. The van der Waals surface area contributed by atoms with Crippen LogP contribution in [0.2, 0.25) is 0 Å². The van der Waals surface area contributed by atoms with Crippen LogP contribution in [0.3, 0.4) is 0 Å². The van der Waals surface area contributed by atoms with Crippen LogP contribution in [-0.2, 0) is 12.8 Å². The minimum absolute atomic E-state index is 0.984. The lowest BCUT2D eigenvalue weighted by Gasteiger charge is -2.18. The lowest BCUT2D eigenvalue weighted by atomic mass is 9.91. The average Bonchev–Trinajstić information content (AvgIpc) is 2.19. The first-order valence-corrected chi connectivity index (χ1v) is 6.15. The molecule has 0 bridgehead atoms. The molecule has 1 aromatic carbocycles. The molecule has 1 aromatic rings. The molecular formula is C12H16BrN. The van der Waals surface area contributed by atoms with Gasteiger partial charge in [0.15, 0.2) is 0 Å². The van der Waals surface area contributed by atoms with Gasteiger partial charge in [-0.3, -0.25) is 0 Å². The van der Waals surface area contributed by atoms with Gasteiger partial charge in [0.05, 0.1) is 0 Å². The van der Waals surface area contributed by atoms with E-state index in [9.17, 15) is 0 Å². The number of anilines is 1. The van der Waals surface area contributed by atoms with Crippen molar-refractivity contribution in [2.24, 2.45) is 0 Å². The molecule has 0 unspecified atom stereocenters. The van der Waals surface area contributed by atoms with E-state index in [1.165, 1.54) is 47.0 Å². The van der Waals surface area contributed by atoms with E-state index in [0.717, 1.165) is 6.54 Å². The number of benzene rings is 1. The summed E-state index contributed by atoms with van der Waals surface area (Å²) in [7, 11) is 0. The molecule has 76 valence electrons. The largest absolute Gasteiger partial charge is 0.384 e. The highest BCUT2D eigenvalue weighted by molar-refractivity contribution is 9.10. The van der Waals surface area contributed by atoms with E-state index in [4.69, 9.17) is 0 Å². The zero-order chi connectivity index (χ0) is 9.97. The van der Waals surface area contributed by atoms with Gasteiger partial charge in [0.2, 0.25) is 0 Å². The molecule has 1 N–H and O–H groups in total. The minimum Gasteiger partial charge on any atom is -0.384 e. The Morgan fingerprint density at radius 2 is 1.86 bits per heavy atom. The van der Waals surface area contributed by atoms with Gasteiger partial charge in [-0.15, -0.1) is 0 Å². The highest BCUT2D eigenvalue weighted by atomic mass is 79.9. The SMILES string of the molecule is CCNc1cc2c(cc1Br)CCCC2. The molecule has 1 aliphatic rings. The third kappa shape index (κ3) is 1.95. The summed E-state index contributed by atoms with van der Waals surface area (Å²) in [6.45, 7) is 3.11. The molecule has 0 heterocycles. The van der Waals surface area contributed by atoms with Crippen LogP contribution in [0.1, 0.15) is 30.9 Å². The Balaban J connectivity index is 2.35. The second-order valence-corrected chi connectivity index (χ2v) is 4.69. The summed E-state index contributed by atoms with van der Waals surface area (Å²) in [5.41, 5.74) is 4.31. The fraction of sp³-hybridized carbons (Fsp3) is 0.500. The monoisotopic (exact) mass is 253 g/mol. The fourth-order valence-corrected chi connectivity index (χ4v) is 2.61. The summed E-state index contributed by atoms with van der Waals surface area (Å²) in [4.78, 5) is 0. The van der Waals surface area contributed by atoms with Crippen molar-refractivity contribution in [2.75, 3.05) is 11.9 Å². The smallest absolute Gasteiger partial charge is 0.0487 e. The van der Waals surface area contributed by atoms with Gasteiger partial charge in [-0.2, -0.15) is 0 Å². The summed E-state index contributed by atoms with van der Waals surface area (Å²) in [5.74, 6) is 0. The fourth-order valence-electron chi connectivity index (χ4n) is 2.08. The van der Waals surface area contributed by atoms with Crippen molar-refractivity contribution < 1.29 is 0 Å². The zero-order valence-corrected chi connectivity index (χ0v) is 10.2. The Bertz CT molecular complexity index is 333. The van der Waals surface area contributed by atoms with Crippen molar-refractivity contribution in [1.82, 2.24) is 0 Å². The normalized spacial score (nSPS) is 15.0. The Morgan fingerprint density at radius 3 is 2.50 bits per heavy atom. The number of aryl methyl sites for hydroxylation is 2. The summed E-state index contributed by atoms with van der Waals surface area (Å²) in [6, 6.07) is 4.59. The van der Waals surface area contributed by atoms with Crippen LogP contribution in [-0.4, -0.2) is 6.54 Å². The van der Waals surface area contributed by atoms with Crippen molar-refractivity contribution in [3.8, 4) is 0 Å². The van der Waals surface area contributed by atoms with Crippen molar-refractivity contribution >= 4 is 21.6 Å². The first kappa shape index (κ1) is 10.0. The van der Waals surface area contributed by atoms with Crippen molar-refractivity contribution in [3.63, 3.8) is 0 Å². The highest BCUT2D eigenvalue weighted by Gasteiger charge is 2.11. The van der Waals surface area contributed by atoms with Crippen LogP contribution >= 0.6 is 15.9 Å². The maximum atomic E-state index is 3.61. The molecule has 0 radical (unpaired) electrons. The Labute approximate surface area is 94.0 Å². The molecule has 2 rings (SSSR count). The van der Waals surface area contributed by atoms with Gasteiger partial charge < -0.3 is 5.32 Å². The maximum Gasteiger partial charge on any atom is 0.0487 e. The molecule has 0 amide bonds. The molecule has 2 heteroatoms. The van der Waals surface area contributed by atoms with Crippen LogP contribution in [0.25, 0.3) is 0 Å². The topological polar surface area (TPSA) is 12.0 Å². The van der Waals surface area contributed by atoms with E-state index in [-0.39, 0.29) is 0 Å². The number of hydrogen-bond donors (Lipinski definition) is 1. The van der Waals surface area contributed by atoms with E-state index in [1.54, 1.807) is 0 Å². The Hall–Kier alpha value is -0.500. The van der Waals surface area contributed by atoms with Gasteiger partial charge in [-0.1, -0.05) is 0 Å². The second kappa shape index (κ2) is 4.35. The molecule has 1 nitrogen and oxygen atoms in total. The number of nitrogens with one attached hydrogen (secondary N) is 1. The summed E-state index contributed by atoms with van der Waals surface area (Å²) in [6.07, 6.45) is 5.20. The second-order valence-electron chi connectivity index (χ2n) is 3.84. The van der Waals surface area contributed by atoms with Crippen molar-refractivity contribution in [3.05, 3.63) is 27.7 Å².